The maximum absolute atomic E-state index is 8.67. The Morgan fingerprint density at radius 2 is 1.91 bits per heavy atom. The third kappa shape index (κ3) is 3.35. The van der Waals surface area contributed by atoms with E-state index in [1.54, 1.807) is 0 Å². The number of ether oxygens (including phenoxy) is 1. The molecule has 1 unspecified atom stereocenters. The lowest BCUT2D eigenvalue weighted by atomic mass is 10.4. The van der Waals surface area contributed by atoms with Gasteiger partial charge in [-0.25, -0.2) is 0 Å². The summed E-state index contributed by atoms with van der Waals surface area (Å²) in [4.78, 5) is 1.98. The molecule has 1 atom stereocenters. The number of nitrogens with zero attached hydrogens (tertiary/aromatic N) is 2. The predicted octanol–water partition coefficient (Wildman–Crippen LogP) is 1.21. The van der Waals surface area contributed by atoms with Gasteiger partial charge >= 0.3 is 0 Å². The molecule has 0 amide bonds. The van der Waals surface area contributed by atoms with Gasteiger partial charge in [0.15, 0.2) is 6.23 Å². The first kappa shape index (κ1) is 10.4. The molecule has 0 aromatic rings. The monoisotopic (exact) mass is 156 g/mol. The Morgan fingerprint density at radius 1 is 1.36 bits per heavy atom. The van der Waals surface area contributed by atoms with E-state index in [0.29, 0.717) is 6.61 Å². The Labute approximate surface area is 68.6 Å². The fourth-order valence-corrected chi connectivity index (χ4v) is 0.937. The smallest absolute Gasteiger partial charge is 0.199 e. The standard InChI is InChI=1S/C8H16N2O/c1-4-10(5-2)8(7-9)11-6-3/h8H,4-6H2,1-3H3. The van der Waals surface area contributed by atoms with E-state index in [1.165, 1.54) is 0 Å². The number of hydrogen-bond acceptors (Lipinski definition) is 3. The van der Waals surface area contributed by atoms with Crippen molar-refractivity contribution in [3.63, 3.8) is 0 Å². The molecule has 0 N–H and O–H groups in total. The van der Waals surface area contributed by atoms with Gasteiger partial charge in [-0.15, -0.1) is 0 Å². The van der Waals surface area contributed by atoms with Gasteiger partial charge in [0.05, 0.1) is 0 Å². The van der Waals surface area contributed by atoms with E-state index in [2.05, 4.69) is 6.07 Å². The van der Waals surface area contributed by atoms with Gasteiger partial charge < -0.3 is 4.74 Å². The average molecular weight is 156 g/mol. The van der Waals surface area contributed by atoms with E-state index in [-0.39, 0.29) is 6.23 Å². The van der Waals surface area contributed by atoms with Crippen LogP contribution in [0.3, 0.4) is 0 Å². The normalized spacial score (nSPS) is 13.0. The van der Waals surface area contributed by atoms with Crippen LogP contribution in [0, 0.1) is 11.3 Å². The Bertz CT molecular complexity index is 127. The van der Waals surface area contributed by atoms with Crippen LogP contribution in [0.25, 0.3) is 0 Å². The van der Waals surface area contributed by atoms with E-state index in [0.717, 1.165) is 13.1 Å². The second kappa shape index (κ2) is 6.14. The van der Waals surface area contributed by atoms with E-state index in [1.807, 2.05) is 25.7 Å². The van der Waals surface area contributed by atoms with Crippen LogP contribution in [-0.4, -0.2) is 30.8 Å². The Balaban J connectivity index is 3.89. The van der Waals surface area contributed by atoms with Crippen LogP contribution in [0.15, 0.2) is 0 Å². The number of nitriles is 1. The predicted molar refractivity (Wildman–Crippen MR) is 43.9 cm³/mol. The second-order valence-corrected chi connectivity index (χ2v) is 2.16. The molecule has 0 saturated carbocycles. The molecule has 11 heavy (non-hydrogen) atoms. The van der Waals surface area contributed by atoms with E-state index in [9.17, 15) is 0 Å². The lowest BCUT2D eigenvalue weighted by molar-refractivity contribution is -0.0116. The molecule has 0 aromatic heterocycles. The van der Waals surface area contributed by atoms with Crippen molar-refractivity contribution < 1.29 is 4.74 Å². The maximum Gasteiger partial charge on any atom is 0.199 e. The van der Waals surface area contributed by atoms with Crippen LogP contribution < -0.4 is 0 Å². The molecule has 3 heteroatoms. The molecule has 3 nitrogen and oxygen atoms in total. The molecule has 0 fully saturated rings. The quantitative estimate of drug-likeness (QED) is 0.561. The summed E-state index contributed by atoms with van der Waals surface area (Å²) in [7, 11) is 0. The zero-order valence-electron chi connectivity index (χ0n) is 7.50. The Kier molecular flexibility index (Phi) is 5.81. The van der Waals surface area contributed by atoms with Crippen LogP contribution in [0.4, 0.5) is 0 Å². The van der Waals surface area contributed by atoms with Crippen molar-refractivity contribution in [1.29, 1.82) is 5.26 Å². The molecule has 0 aliphatic carbocycles. The lowest BCUT2D eigenvalue weighted by Gasteiger charge is -2.22. The zero-order valence-corrected chi connectivity index (χ0v) is 7.50. The van der Waals surface area contributed by atoms with Crippen molar-refractivity contribution in [1.82, 2.24) is 4.90 Å². The van der Waals surface area contributed by atoms with Gasteiger partial charge in [-0.2, -0.15) is 5.26 Å². The van der Waals surface area contributed by atoms with Gasteiger partial charge in [0.25, 0.3) is 0 Å². The SMILES string of the molecule is CCOC(C#N)N(CC)CC. The second-order valence-electron chi connectivity index (χ2n) is 2.16. The van der Waals surface area contributed by atoms with E-state index < -0.39 is 0 Å². The molecule has 64 valence electrons. The molecule has 0 radical (unpaired) electrons. The molecule has 0 bridgehead atoms. The maximum atomic E-state index is 8.67. The van der Waals surface area contributed by atoms with Crippen molar-refractivity contribution in [2.75, 3.05) is 19.7 Å². The highest BCUT2D eigenvalue weighted by molar-refractivity contribution is 4.83. The third-order valence-corrected chi connectivity index (χ3v) is 1.58. The summed E-state index contributed by atoms with van der Waals surface area (Å²) in [6, 6.07) is 2.11. The highest BCUT2D eigenvalue weighted by Gasteiger charge is 2.13. The fourth-order valence-electron chi connectivity index (χ4n) is 0.937. The third-order valence-electron chi connectivity index (χ3n) is 1.58. The van der Waals surface area contributed by atoms with Gasteiger partial charge in [0.2, 0.25) is 0 Å². The highest BCUT2D eigenvalue weighted by atomic mass is 16.5. The summed E-state index contributed by atoms with van der Waals surface area (Å²) < 4.78 is 5.20. The molecule has 0 heterocycles. The zero-order chi connectivity index (χ0) is 8.69. The first-order chi connectivity index (χ1) is 5.29. The summed E-state index contributed by atoms with van der Waals surface area (Å²) >= 11 is 0. The molecule has 0 rings (SSSR count). The summed E-state index contributed by atoms with van der Waals surface area (Å²) in [5, 5.41) is 8.67. The van der Waals surface area contributed by atoms with Crippen LogP contribution in [-0.2, 0) is 4.74 Å². The minimum atomic E-state index is -0.366. The minimum Gasteiger partial charge on any atom is -0.350 e. The van der Waals surface area contributed by atoms with Gasteiger partial charge in [-0.3, -0.25) is 4.90 Å². The van der Waals surface area contributed by atoms with Crippen molar-refractivity contribution in [2.24, 2.45) is 0 Å². The first-order valence-corrected chi connectivity index (χ1v) is 4.05. The summed E-state index contributed by atoms with van der Waals surface area (Å²) in [6.07, 6.45) is -0.366. The summed E-state index contributed by atoms with van der Waals surface area (Å²) in [5.41, 5.74) is 0. The summed E-state index contributed by atoms with van der Waals surface area (Å²) in [5.74, 6) is 0. The minimum absolute atomic E-state index is 0.366. The molecular formula is C8H16N2O. The fraction of sp³-hybridized carbons (Fsp3) is 0.875. The van der Waals surface area contributed by atoms with Gasteiger partial charge in [-0.1, -0.05) is 13.8 Å². The van der Waals surface area contributed by atoms with Gasteiger partial charge in [0, 0.05) is 6.61 Å². The summed E-state index contributed by atoms with van der Waals surface area (Å²) in [6.45, 7) is 8.24. The molecular weight excluding hydrogens is 140 g/mol. The highest BCUT2D eigenvalue weighted by Crippen LogP contribution is 1.98. The first-order valence-electron chi connectivity index (χ1n) is 4.05. The largest absolute Gasteiger partial charge is 0.350 e. The molecule has 0 aromatic carbocycles. The average Bonchev–Trinajstić information content (AvgIpc) is 2.05. The lowest BCUT2D eigenvalue weighted by Crippen LogP contribution is -2.35. The van der Waals surface area contributed by atoms with Gasteiger partial charge in [0.1, 0.15) is 6.07 Å². The van der Waals surface area contributed by atoms with Crippen LogP contribution in [0.5, 0.6) is 0 Å². The molecule has 0 saturated heterocycles. The van der Waals surface area contributed by atoms with Crippen LogP contribution in [0.1, 0.15) is 20.8 Å². The Morgan fingerprint density at radius 3 is 2.18 bits per heavy atom. The van der Waals surface area contributed by atoms with Crippen LogP contribution in [0.2, 0.25) is 0 Å². The molecule has 0 spiro atoms. The van der Waals surface area contributed by atoms with Crippen molar-refractivity contribution >= 4 is 0 Å². The van der Waals surface area contributed by atoms with Crippen molar-refractivity contribution in [2.45, 2.75) is 27.0 Å². The topological polar surface area (TPSA) is 36.3 Å². The molecule has 0 aliphatic rings. The number of hydrogen-bond donors (Lipinski definition) is 0. The van der Waals surface area contributed by atoms with Crippen LogP contribution >= 0.6 is 0 Å². The Hall–Kier alpha value is -0.590. The number of rotatable bonds is 5. The molecule has 0 aliphatic heterocycles. The van der Waals surface area contributed by atoms with Crippen molar-refractivity contribution in [3.05, 3.63) is 0 Å². The van der Waals surface area contributed by atoms with Gasteiger partial charge in [-0.05, 0) is 20.0 Å². The van der Waals surface area contributed by atoms with Crippen molar-refractivity contribution in [3.8, 4) is 6.07 Å². The van der Waals surface area contributed by atoms with E-state index in [4.69, 9.17) is 10.00 Å². The van der Waals surface area contributed by atoms with E-state index >= 15 is 0 Å².